The van der Waals surface area contributed by atoms with Crippen molar-refractivity contribution in [3.8, 4) is 0 Å². The van der Waals surface area contributed by atoms with Gasteiger partial charge in [-0.3, -0.25) is 14.4 Å². The summed E-state index contributed by atoms with van der Waals surface area (Å²) in [4.78, 5) is 38.8. The van der Waals surface area contributed by atoms with Crippen molar-refractivity contribution in [2.24, 2.45) is 22.0 Å². The van der Waals surface area contributed by atoms with Crippen LogP contribution in [0.15, 0.2) is 24.3 Å². The second-order valence-corrected chi connectivity index (χ2v) is 10.4. The van der Waals surface area contributed by atoms with Gasteiger partial charge in [-0.2, -0.15) is 0 Å². The van der Waals surface area contributed by atoms with Crippen LogP contribution in [0.4, 0.5) is 10.1 Å². The van der Waals surface area contributed by atoms with Crippen molar-refractivity contribution >= 4 is 23.5 Å². The molecule has 0 saturated heterocycles. The molecule has 0 spiro atoms. The number of carbonyl (C=O) groups excluding carboxylic acids is 2. The van der Waals surface area contributed by atoms with Crippen molar-refractivity contribution in [1.82, 2.24) is 0 Å². The quantitative estimate of drug-likeness (QED) is 0.745. The zero-order valence-corrected chi connectivity index (χ0v) is 17.0. The second-order valence-electron chi connectivity index (χ2n) is 10.4. The van der Waals surface area contributed by atoms with Crippen molar-refractivity contribution in [1.29, 1.82) is 0 Å². The summed E-state index contributed by atoms with van der Waals surface area (Å²) >= 11 is 0. The van der Waals surface area contributed by atoms with E-state index in [2.05, 4.69) is 0 Å². The van der Waals surface area contributed by atoms with E-state index in [9.17, 15) is 23.9 Å². The Morgan fingerprint density at radius 2 is 1.60 bits per heavy atom. The van der Waals surface area contributed by atoms with E-state index >= 15 is 0 Å². The molecule has 3 N–H and O–H groups in total. The number of nitrogens with zero attached hydrogens (tertiary/aromatic N) is 1. The van der Waals surface area contributed by atoms with Gasteiger partial charge in [0.2, 0.25) is 11.8 Å². The molecule has 0 heterocycles. The fourth-order valence-corrected chi connectivity index (χ4v) is 6.44. The number of rotatable bonds is 6. The summed E-state index contributed by atoms with van der Waals surface area (Å²) in [6, 6.07) is 6.77. The standard InChI is InChI=1S/C23H27FN2O4/c24-23-11-22(12-23,13-23)18(28)26(16-3-1-2-15(10-16)17(25)27)14-20-4-7-21(8-5-20,9-6-20)19(29)30/h1-3,10H,4-9,11-14H2,(H2,25,27)(H,29,30). The number of primary amides is 1. The number of anilines is 1. The molecule has 6 aliphatic carbocycles. The Labute approximate surface area is 174 Å². The average molecular weight is 414 g/mol. The molecule has 2 amide bonds. The maximum Gasteiger partial charge on any atom is 0.309 e. The van der Waals surface area contributed by atoms with E-state index in [-0.39, 0.29) is 30.6 Å². The van der Waals surface area contributed by atoms with Crippen molar-refractivity contribution in [2.45, 2.75) is 63.5 Å². The second kappa shape index (κ2) is 6.05. The van der Waals surface area contributed by atoms with Crippen LogP contribution in [0.3, 0.4) is 0 Å². The van der Waals surface area contributed by atoms with Gasteiger partial charge in [0.25, 0.3) is 0 Å². The Balaban J connectivity index is 1.44. The van der Waals surface area contributed by atoms with Gasteiger partial charge in [0.05, 0.1) is 10.8 Å². The minimum Gasteiger partial charge on any atom is -0.481 e. The lowest BCUT2D eigenvalue weighted by atomic mass is 9.41. The summed E-state index contributed by atoms with van der Waals surface area (Å²) in [7, 11) is 0. The highest BCUT2D eigenvalue weighted by Crippen LogP contribution is 2.70. The third kappa shape index (κ3) is 2.70. The predicted octanol–water partition coefficient (Wildman–Crippen LogP) is 3.44. The number of amides is 2. The summed E-state index contributed by atoms with van der Waals surface area (Å²) in [5, 5.41) is 9.66. The van der Waals surface area contributed by atoms with Crippen LogP contribution in [0.25, 0.3) is 0 Å². The Hall–Kier alpha value is -2.44. The molecule has 6 nitrogen and oxygen atoms in total. The lowest BCUT2D eigenvalue weighted by molar-refractivity contribution is -0.211. The Morgan fingerprint density at radius 3 is 2.10 bits per heavy atom. The molecular weight excluding hydrogens is 387 g/mol. The van der Waals surface area contributed by atoms with E-state index in [0.29, 0.717) is 37.1 Å². The number of carbonyl (C=O) groups is 3. The number of carboxylic acid groups (broad SMARTS) is 1. The van der Waals surface area contributed by atoms with Crippen LogP contribution in [-0.4, -0.2) is 35.1 Å². The van der Waals surface area contributed by atoms with Gasteiger partial charge in [0, 0.05) is 17.8 Å². The smallest absolute Gasteiger partial charge is 0.309 e. The number of carboxylic acids is 1. The maximum absolute atomic E-state index is 14.1. The summed E-state index contributed by atoms with van der Waals surface area (Å²) in [5.41, 5.74) is 3.85. The Kier molecular flexibility index (Phi) is 3.94. The number of alkyl halides is 1. The van der Waals surface area contributed by atoms with Crippen molar-refractivity contribution < 1.29 is 23.9 Å². The molecule has 0 radical (unpaired) electrons. The van der Waals surface area contributed by atoms with Gasteiger partial charge < -0.3 is 15.7 Å². The van der Waals surface area contributed by atoms with E-state index in [1.54, 1.807) is 29.2 Å². The summed E-state index contributed by atoms with van der Waals surface area (Å²) in [6.07, 6.45) is 5.01. The van der Waals surface area contributed by atoms with Crippen LogP contribution < -0.4 is 10.6 Å². The SMILES string of the molecule is NC(=O)c1cccc(N(CC23CCC(C(=O)O)(CC2)CC3)C(=O)C23CC(F)(C2)C3)c1. The van der Waals surface area contributed by atoms with Gasteiger partial charge in [-0.15, -0.1) is 0 Å². The first kappa shape index (κ1) is 19.5. The number of halogens is 1. The zero-order chi connectivity index (χ0) is 21.4. The van der Waals surface area contributed by atoms with Gasteiger partial charge in [-0.25, -0.2) is 4.39 Å². The molecule has 1 aromatic carbocycles. The van der Waals surface area contributed by atoms with Gasteiger partial charge in [-0.1, -0.05) is 6.07 Å². The molecule has 0 atom stereocenters. The monoisotopic (exact) mass is 414 g/mol. The number of benzene rings is 1. The van der Waals surface area contributed by atoms with Gasteiger partial charge >= 0.3 is 5.97 Å². The third-order valence-electron chi connectivity index (χ3n) is 8.46. The predicted molar refractivity (Wildman–Crippen MR) is 108 cm³/mol. The van der Waals surface area contributed by atoms with Crippen molar-refractivity contribution in [3.05, 3.63) is 29.8 Å². The highest BCUT2D eigenvalue weighted by Gasteiger charge is 2.73. The lowest BCUT2D eigenvalue weighted by Gasteiger charge is -2.65. The van der Waals surface area contributed by atoms with E-state index in [4.69, 9.17) is 5.73 Å². The van der Waals surface area contributed by atoms with Crippen LogP contribution in [0, 0.1) is 16.2 Å². The average Bonchev–Trinajstić information content (AvgIpc) is 2.70. The zero-order valence-electron chi connectivity index (χ0n) is 17.0. The minimum absolute atomic E-state index is 0.0707. The van der Waals surface area contributed by atoms with E-state index < -0.39 is 28.4 Å². The molecule has 1 aromatic rings. The Morgan fingerprint density at radius 1 is 1.00 bits per heavy atom. The molecule has 7 heteroatoms. The largest absolute Gasteiger partial charge is 0.481 e. The number of nitrogens with two attached hydrogens (primary N) is 1. The molecular formula is C23H27FN2O4. The van der Waals surface area contributed by atoms with Crippen LogP contribution in [-0.2, 0) is 9.59 Å². The summed E-state index contributed by atoms with van der Waals surface area (Å²) in [6.45, 7) is 0.477. The number of hydrogen-bond acceptors (Lipinski definition) is 3. The first-order valence-electron chi connectivity index (χ1n) is 10.7. The highest BCUT2D eigenvalue weighted by molar-refractivity contribution is 6.01. The van der Waals surface area contributed by atoms with E-state index in [1.165, 1.54) is 0 Å². The Bertz CT molecular complexity index is 914. The van der Waals surface area contributed by atoms with Crippen LogP contribution in [0.2, 0.25) is 0 Å². The fraction of sp³-hybridized carbons (Fsp3) is 0.609. The normalized spacial score (nSPS) is 38.3. The molecule has 6 fully saturated rings. The minimum atomic E-state index is -1.18. The molecule has 30 heavy (non-hydrogen) atoms. The van der Waals surface area contributed by atoms with Crippen LogP contribution >= 0.6 is 0 Å². The third-order valence-corrected chi connectivity index (χ3v) is 8.46. The first-order valence-corrected chi connectivity index (χ1v) is 10.7. The molecule has 0 unspecified atom stereocenters. The molecule has 6 aliphatic rings. The van der Waals surface area contributed by atoms with Gasteiger partial charge in [-0.05, 0) is 81.4 Å². The van der Waals surface area contributed by atoms with E-state index in [0.717, 1.165) is 19.3 Å². The molecule has 6 saturated carbocycles. The van der Waals surface area contributed by atoms with E-state index in [1.807, 2.05) is 0 Å². The molecule has 4 bridgehead atoms. The molecule has 0 aliphatic heterocycles. The number of aliphatic carboxylic acids is 1. The summed E-state index contributed by atoms with van der Waals surface area (Å²) < 4.78 is 14.1. The van der Waals surface area contributed by atoms with Crippen LogP contribution in [0.5, 0.6) is 0 Å². The van der Waals surface area contributed by atoms with Crippen LogP contribution in [0.1, 0.15) is 68.1 Å². The number of fused-ring (bicyclic) bond motifs is 3. The fourth-order valence-electron chi connectivity index (χ4n) is 6.44. The lowest BCUT2D eigenvalue weighted by Crippen LogP contribution is -2.71. The van der Waals surface area contributed by atoms with Gasteiger partial charge in [0.15, 0.2) is 0 Å². The molecule has 160 valence electrons. The first-order chi connectivity index (χ1) is 14.1. The number of hydrogen-bond donors (Lipinski definition) is 2. The van der Waals surface area contributed by atoms with Crippen molar-refractivity contribution in [3.63, 3.8) is 0 Å². The summed E-state index contributed by atoms with van der Waals surface area (Å²) in [5.74, 6) is -1.34. The molecule has 0 aromatic heterocycles. The topological polar surface area (TPSA) is 101 Å². The highest BCUT2D eigenvalue weighted by atomic mass is 19.1. The van der Waals surface area contributed by atoms with Crippen molar-refractivity contribution in [2.75, 3.05) is 11.4 Å². The molecule has 7 rings (SSSR count). The maximum atomic E-state index is 14.1. The van der Waals surface area contributed by atoms with Gasteiger partial charge in [0.1, 0.15) is 5.67 Å².